The molecule has 3 aromatic carbocycles. The standard InChI is InChI=1S/C25H21N3O4/c1-31-17-12-11-16(22(13-17)32-2)14-27-15-23-26-20-9-5-3-7-18(20)25(30)28(23)21-10-6-4-8-19(21)24(27)29/h3-13H,14-15H2,1-2H3. The number of rotatable bonds is 4. The van der Waals surface area contributed by atoms with Gasteiger partial charge in [0.15, 0.2) is 0 Å². The van der Waals surface area contributed by atoms with Crippen LogP contribution in [0.1, 0.15) is 21.7 Å². The fourth-order valence-electron chi connectivity index (χ4n) is 4.11. The number of carbonyl (C=O) groups excluding carboxylic acids is 1. The fraction of sp³-hybridized carbons (Fsp3) is 0.160. The van der Waals surface area contributed by atoms with E-state index in [1.54, 1.807) is 54.0 Å². The van der Waals surface area contributed by atoms with Gasteiger partial charge in [0.2, 0.25) is 0 Å². The Labute approximate surface area is 184 Å². The Morgan fingerprint density at radius 3 is 2.53 bits per heavy atom. The molecule has 0 saturated carbocycles. The molecular weight excluding hydrogens is 406 g/mol. The van der Waals surface area contributed by atoms with Crippen LogP contribution in [0, 0.1) is 0 Å². The topological polar surface area (TPSA) is 73.7 Å². The minimum Gasteiger partial charge on any atom is -0.497 e. The highest BCUT2D eigenvalue weighted by molar-refractivity contribution is 5.98. The van der Waals surface area contributed by atoms with Crippen LogP contribution in [0.25, 0.3) is 16.6 Å². The first-order valence-corrected chi connectivity index (χ1v) is 10.2. The van der Waals surface area contributed by atoms with Gasteiger partial charge >= 0.3 is 0 Å². The lowest BCUT2D eigenvalue weighted by molar-refractivity contribution is 0.0729. The van der Waals surface area contributed by atoms with Crippen LogP contribution in [0.4, 0.5) is 0 Å². The molecule has 0 N–H and O–H groups in total. The van der Waals surface area contributed by atoms with Crippen molar-refractivity contribution in [3.05, 3.63) is 94.0 Å². The van der Waals surface area contributed by atoms with Gasteiger partial charge in [-0.1, -0.05) is 24.3 Å². The second kappa shape index (κ2) is 7.85. The van der Waals surface area contributed by atoms with Crippen LogP contribution in [0.3, 0.4) is 0 Å². The van der Waals surface area contributed by atoms with Crippen LogP contribution in [-0.2, 0) is 13.1 Å². The van der Waals surface area contributed by atoms with E-state index in [0.29, 0.717) is 46.0 Å². The quantitative estimate of drug-likeness (QED) is 0.498. The molecule has 4 aromatic rings. The zero-order valence-corrected chi connectivity index (χ0v) is 17.7. The third-order valence-corrected chi connectivity index (χ3v) is 5.70. The first-order chi connectivity index (χ1) is 15.6. The van der Waals surface area contributed by atoms with Gasteiger partial charge in [0, 0.05) is 11.6 Å². The molecular formula is C25H21N3O4. The molecule has 0 fully saturated rings. The van der Waals surface area contributed by atoms with Crippen molar-refractivity contribution in [1.29, 1.82) is 0 Å². The third-order valence-electron chi connectivity index (χ3n) is 5.70. The predicted molar refractivity (Wildman–Crippen MR) is 120 cm³/mol. The smallest absolute Gasteiger partial charge is 0.266 e. The van der Waals surface area contributed by atoms with Gasteiger partial charge in [-0.25, -0.2) is 4.98 Å². The number of methoxy groups -OCH3 is 2. The van der Waals surface area contributed by atoms with Crippen molar-refractivity contribution in [2.45, 2.75) is 13.1 Å². The molecule has 0 radical (unpaired) electrons. The maximum absolute atomic E-state index is 13.6. The molecule has 0 saturated heterocycles. The Kier molecular flexibility index (Phi) is 4.86. The minimum atomic E-state index is -0.185. The van der Waals surface area contributed by atoms with E-state index in [1.165, 1.54) is 0 Å². The average molecular weight is 427 g/mol. The number of hydrogen-bond acceptors (Lipinski definition) is 5. The second-order valence-corrected chi connectivity index (χ2v) is 7.54. The number of benzene rings is 3. The summed E-state index contributed by atoms with van der Waals surface area (Å²) in [4.78, 5) is 33.4. The van der Waals surface area contributed by atoms with Crippen molar-refractivity contribution in [2.24, 2.45) is 0 Å². The summed E-state index contributed by atoms with van der Waals surface area (Å²) in [7, 11) is 3.18. The van der Waals surface area contributed by atoms with Crippen LogP contribution in [-0.4, -0.2) is 34.6 Å². The number of carbonyl (C=O) groups is 1. The lowest BCUT2D eigenvalue weighted by atomic mass is 10.1. The monoisotopic (exact) mass is 427 g/mol. The summed E-state index contributed by atoms with van der Waals surface area (Å²) in [5.41, 5.74) is 2.25. The maximum Gasteiger partial charge on any atom is 0.266 e. The van der Waals surface area contributed by atoms with Crippen LogP contribution >= 0.6 is 0 Å². The largest absolute Gasteiger partial charge is 0.497 e. The maximum atomic E-state index is 13.6. The average Bonchev–Trinajstić information content (AvgIpc) is 2.94. The van der Waals surface area contributed by atoms with Crippen molar-refractivity contribution in [3.63, 3.8) is 0 Å². The number of nitrogens with zero attached hydrogens (tertiary/aromatic N) is 3. The van der Waals surface area contributed by atoms with Crippen molar-refractivity contribution in [3.8, 4) is 17.2 Å². The Hall–Kier alpha value is -4.13. The van der Waals surface area contributed by atoms with Crippen LogP contribution < -0.4 is 15.0 Å². The molecule has 1 amide bonds. The van der Waals surface area contributed by atoms with E-state index in [0.717, 1.165) is 5.56 Å². The Bertz CT molecular complexity index is 1410. The molecule has 1 aliphatic rings. The van der Waals surface area contributed by atoms with E-state index in [2.05, 4.69) is 0 Å². The van der Waals surface area contributed by atoms with Gasteiger partial charge in [-0.15, -0.1) is 0 Å². The highest BCUT2D eigenvalue weighted by Gasteiger charge is 2.28. The molecule has 0 unspecified atom stereocenters. The molecule has 1 aromatic heterocycles. The van der Waals surface area contributed by atoms with Crippen LogP contribution in [0.2, 0.25) is 0 Å². The van der Waals surface area contributed by atoms with Crippen LogP contribution in [0.5, 0.6) is 11.5 Å². The summed E-state index contributed by atoms with van der Waals surface area (Å²) >= 11 is 0. The highest BCUT2D eigenvalue weighted by atomic mass is 16.5. The molecule has 0 aliphatic carbocycles. The summed E-state index contributed by atoms with van der Waals surface area (Å²) in [6.45, 7) is 0.478. The lowest BCUT2D eigenvalue weighted by Crippen LogP contribution is -2.30. The number of ether oxygens (including phenoxy) is 2. The summed E-state index contributed by atoms with van der Waals surface area (Å²) in [5.74, 6) is 1.63. The van der Waals surface area contributed by atoms with E-state index in [1.807, 2.05) is 36.4 Å². The summed E-state index contributed by atoms with van der Waals surface area (Å²) in [6, 6.07) is 19.9. The van der Waals surface area contributed by atoms with Gasteiger partial charge < -0.3 is 14.4 Å². The van der Waals surface area contributed by atoms with Gasteiger partial charge in [0.25, 0.3) is 11.5 Å². The van der Waals surface area contributed by atoms with Crippen molar-refractivity contribution in [2.75, 3.05) is 14.2 Å². The van der Waals surface area contributed by atoms with Gasteiger partial charge in [-0.2, -0.15) is 0 Å². The van der Waals surface area contributed by atoms with E-state index in [-0.39, 0.29) is 18.0 Å². The summed E-state index contributed by atoms with van der Waals surface area (Å²) in [5, 5.41) is 0.517. The highest BCUT2D eigenvalue weighted by Crippen LogP contribution is 2.29. The second-order valence-electron chi connectivity index (χ2n) is 7.54. The molecule has 7 nitrogen and oxygen atoms in total. The third kappa shape index (κ3) is 3.19. The lowest BCUT2D eigenvalue weighted by Gasteiger charge is -2.22. The summed E-state index contributed by atoms with van der Waals surface area (Å²) in [6.07, 6.45) is 0. The van der Waals surface area contributed by atoms with Gasteiger partial charge in [0.1, 0.15) is 17.3 Å². The predicted octanol–water partition coefficient (Wildman–Crippen LogP) is 3.56. The molecule has 0 spiro atoms. The molecule has 2 heterocycles. The van der Waals surface area contributed by atoms with Crippen molar-refractivity contribution < 1.29 is 14.3 Å². The zero-order valence-electron chi connectivity index (χ0n) is 17.7. The normalized spacial score (nSPS) is 12.8. The van der Waals surface area contributed by atoms with E-state index < -0.39 is 0 Å². The molecule has 7 heteroatoms. The molecule has 32 heavy (non-hydrogen) atoms. The van der Waals surface area contributed by atoms with E-state index in [9.17, 15) is 9.59 Å². The first kappa shape index (κ1) is 19.8. The number of fused-ring (bicyclic) bond motifs is 4. The number of aromatic nitrogens is 2. The number of para-hydroxylation sites is 2. The zero-order chi connectivity index (χ0) is 22.2. The molecule has 0 bridgehead atoms. The first-order valence-electron chi connectivity index (χ1n) is 10.2. The Morgan fingerprint density at radius 1 is 0.938 bits per heavy atom. The van der Waals surface area contributed by atoms with Crippen molar-refractivity contribution >= 4 is 16.8 Å². The van der Waals surface area contributed by atoms with E-state index >= 15 is 0 Å². The van der Waals surface area contributed by atoms with E-state index in [4.69, 9.17) is 14.5 Å². The Morgan fingerprint density at radius 2 is 1.72 bits per heavy atom. The molecule has 1 aliphatic heterocycles. The molecule has 160 valence electrons. The van der Waals surface area contributed by atoms with Gasteiger partial charge in [-0.3, -0.25) is 14.2 Å². The number of hydrogen-bond donors (Lipinski definition) is 0. The SMILES string of the molecule is COc1ccc(CN2Cc3nc4ccccc4c(=O)n3-c3ccccc3C2=O)c(OC)c1. The van der Waals surface area contributed by atoms with Crippen LogP contribution in [0.15, 0.2) is 71.5 Å². The summed E-state index contributed by atoms with van der Waals surface area (Å²) < 4.78 is 12.4. The van der Waals surface area contributed by atoms with Gasteiger partial charge in [0.05, 0.1) is 49.5 Å². The minimum absolute atomic E-state index is 0.174. The van der Waals surface area contributed by atoms with Gasteiger partial charge in [-0.05, 0) is 36.4 Å². The molecule has 0 atom stereocenters. The fourth-order valence-corrected chi connectivity index (χ4v) is 4.11. The number of amides is 1. The Balaban J connectivity index is 1.68. The van der Waals surface area contributed by atoms with Crippen molar-refractivity contribution in [1.82, 2.24) is 14.5 Å². The molecule has 5 rings (SSSR count).